The molecule has 0 amide bonds. The summed E-state index contributed by atoms with van der Waals surface area (Å²) in [5, 5.41) is 29.5. The minimum Gasteiger partial charge on any atom is -0.478 e. The van der Waals surface area contributed by atoms with Gasteiger partial charge in [-0.25, -0.2) is 4.79 Å². The van der Waals surface area contributed by atoms with Crippen LogP contribution >= 0.6 is 11.3 Å². The van der Waals surface area contributed by atoms with Crippen LogP contribution in [0.5, 0.6) is 0 Å². The monoisotopic (exact) mass is 286 g/mol. The number of esters is 1. The van der Waals surface area contributed by atoms with Crippen molar-refractivity contribution in [1.82, 2.24) is 0 Å². The molecule has 0 spiro atoms. The predicted molar refractivity (Wildman–Crippen MR) is 68.6 cm³/mol. The molecule has 1 heterocycles. The van der Waals surface area contributed by atoms with Crippen LogP contribution in [0.2, 0.25) is 0 Å². The fourth-order valence-electron chi connectivity index (χ4n) is 1.35. The van der Waals surface area contributed by atoms with Crippen LogP contribution in [0.15, 0.2) is 17.5 Å². The van der Waals surface area contributed by atoms with Crippen molar-refractivity contribution in [3.8, 4) is 0 Å². The highest BCUT2D eigenvalue weighted by Gasteiger charge is 2.22. The fraction of sp³-hybridized carbons (Fsp3) is 0.333. The minimum atomic E-state index is -1.27. The Labute approximate surface area is 113 Å². The molecule has 2 unspecified atom stereocenters. The van der Waals surface area contributed by atoms with E-state index < -0.39 is 24.1 Å². The summed E-state index contributed by atoms with van der Waals surface area (Å²) < 4.78 is 4.39. The molecule has 0 aromatic carbocycles. The predicted octanol–water partition coefficient (Wildman–Crippen LogP) is 0.803. The van der Waals surface area contributed by atoms with E-state index in [1.54, 1.807) is 11.4 Å². The number of aliphatic hydroxyl groups is 2. The van der Waals surface area contributed by atoms with Crippen molar-refractivity contribution in [3.05, 3.63) is 28.0 Å². The van der Waals surface area contributed by atoms with E-state index in [1.165, 1.54) is 24.5 Å². The summed E-state index contributed by atoms with van der Waals surface area (Å²) in [6.45, 7) is 0. The van der Waals surface area contributed by atoms with E-state index in [2.05, 4.69) is 4.74 Å². The van der Waals surface area contributed by atoms with Crippen molar-refractivity contribution >= 4 is 29.4 Å². The smallest absolute Gasteiger partial charge is 0.328 e. The maximum Gasteiger partial charge on any atom is 0.328 e. The molecular formula is C12H14O6S. The number of carboxylic acids is 1. The lowest BCUT2D eigenvalue weighted by atomic mass is 10.0. The second-order valence-electron chi connectivity index (χ2n) is 3.75. The van der Waals surface area contributed by atoms with Crippen molar-refractivity contribution in [1.29, 1.82) is 0 Å². The topological polar surface area (TPSA) is 104 Å². The van der Waals surface area contributed by atoms with Crippen molar-refractivity contribution in [3.63, 3.8) is 0 Å². The molecule has 0 bridgehead atoms. The molecule has 1 rings (SSSR count). The van der Waals surface area contributed by atoms with Gasteiger partial charge in [0.05, 0.1) is 19.6 Å². The number of aliphatic hydroxyl groups excluding tert-OH is 2. The Morgan fingerprint density at radius 2 is 2.16 bits per heavy atom. The summed E-state index contributed by atoms with van der Waals surface area (Å²) in [4.78, 5) is 22.0. The number of hydrogen-bond donors (Lipinski definition) is 3. The maximum atomic E-state index is 11.0. The Bertz CT molecular complexity index is 478. The summed E-state index contributed by atoms with van der Waals surface area (Å²) in [5.74, 6) is -1.69. The standard InChI is InChI=1S/C12H14O6S/c1-18-11(16)5-9(13)12(17)7-4-8(19-6-7)2-3-10(14)15/h2-4,6,9,12-13,17H,5H2,1H3,(H,14,15)/b3-2+. The van der Waals surface area contributed by atoms with Gasteiger partial charge in [0, 0.05) is 11.0 Å². The molecule has 7 heteroatoms. The Balaban J connectivity index is 2.69. The molecule has 0 fully saturated rings. The first kappa shape index (κ1) is 15.4. The molecule has 0 aliphatic heterocycles. The van der Waals surface area contributed by atoms with Crippen LogP contribution in [-0.4, -0.2) is 40.5 Å². The van der Waals surface area contributed by atoms with Gasteiger partial charge in [0.1, 0.15) is 6.10 Å². The number of carbonyl (C=O) groups is 2. The molecule has 2 atom stereocenters. The number of thiophene rings is 1. The lowest BCUT2D eigenvalue weighted by molar-refractivity contribution is -0.144. The molecule has 3 N–H and O–H groups in total. The molecule has 0 radical (unpaired) electrons. The fourth-order valence-corrected chi connectivity index (χ4v) is 2.18. The van der Waals surface area contributed by atoms with Crippen LogP contribution in [0.4, 0.5) is 0 Å². The van der Waals surface area contributed by atoms with Crippen molar-refractivity contribution in [2.45, 2.75) is 18.6 Å². The highest BCUT2D eigenvalue weighted by atomic mass is 32.1. The first-order chi connectivity index (χ1) is 8.93. The molecule has 104 valence electrons. The SMILES string of the molecule is COC(=O)CC(O)C(O)c1csc(/C=C/C(=O)O)c1. The summed E-state index contributed by atoms with van der Waals surface area (Å²) in [5.41, 5.74) is 0.423. The van der Waals surface area contributed by atoms with Crippen molar-refractivity contribution < 1.29 is 29.6 Å². The first-order valence-electron chi connectivity index (χ1n) is 5.36. The normalized spacial score (nSPS) is 14.3. The number of methoxy groups -OCH3 is 1. The quantitative estimate of drug-likeness (QED) is 0.528. The Hall–Kier alpha value is -1.70. The molecule has 0 aliphatic rings. The van der Waals surface area contributed by atoms with E-state index in [0.29, 0.717) is 10.4 Å². The minimum absolute atomic E-state index is 0.312. The van der Waals surface area contributed by atoms with E-state index in [1.807, 2.05) is 0 Å². The Morgan fingerprint density at radius 1 is 1.47 bits per heavy atom. The maximum absolute atomic E-state index is 11.0. The Morgan fingerprint density at radius 3 is 2.74 bits per heavy atom. The van der Waals surface area contributed by atoms with E-state index in [9.17, 15) is 19.8 Å². The summed E-state index contributed by atoms with van der Waals surface area (Å²) in [7, 11) is 1.20. The van der Waals surface area contributed by atoms with Gasteiger partial charge in [-0.3, -0.25) is 4.79 Å². The molecular weight excluding hydrogens is 272 g/mol. The third kappa shape index (κ3) is 4.82. The lowest BCUT2D eigenvalue weighted by Crippen LogP contribution is -2.22. The number of carboxylic acid groups (broad SMARTS) is 1. The van der Waals surface area contributed by atoms with Gasteiger partial charge in [0.15, 0.2) is 0 Å². The average molecular weight is 286 g/mol. The average Bonchev–Trinajstić information content (AvgIpc) is 2.83. The highest BCUT2D eigenvalue weighted by Crippen LogP contribution is 2.25. The molecule has 1 aromatic rings. The largest absolute Gasteiger partial charge is 0.478 e. The lowest BCUT2D eigenvalue weighted by Gasteiger charge is -2.15. The van der Waals surface area contributed by atoms with Gasteiger partial charge < -0.3 is 20.1 Å². The number of carbonyl (C=O) groups excluding carboxylic acids is 1. The van der Waals surface area contributed by atoms with Gasteiger partial charge in [-0.05, 0) is 23.1 Å². The molecule has 0 aliphatic carbocycles. The molecule has 0 saturated carbocycles. The van der Waals surface area contributed by atoms with Gasteiger partial charge in [0.25, 0.3) is 0 Å². The number of aliphatic carboxylic acids is 1. The Kier molecular flexibility index (Phi) is 5.68. The second-order valence-corrected chi connectivity index (χ2v) is 4.69. The molecule has 0 saturated heterocycles. The van der Waals surface area contributed by atoms with Crippen LogP contribution in [0, 0.1) is 0 Å². The molecule has 1 aromatic heterocycles. The summed E-state index contributed by atoms with van der Waals surface area (Å²) in [6.07, 6.45) is -0.433. The molecule has 6 nitrogen and oxygen atoms in total. The third-order valence-electron chi connectivity index (χ3n) is 2.34. The van der Waals surface area contributed by atoms with Gasteiger partial charge in [-0.1, -0.05) is 0 Å². The second kappa shape index (κ2) is 7.03. The zero-order valence-electron chi connectivity index (χ0n) is 10.1. The van der Waals surface area contributed by atoms with Gasteiger partial charge in [0.2, 0.25) is 0 Å². The van der Waals surface area contributed by atoms with Crippen LogP contribution in [0.3, 0.4) is 0 Å². The molecule has 19 heavy (non-hydrogen) atoms. The van der Waals surface area contributed by atoms with Gasteiger partial charge in [-0.15, -0.1) is 11.3 Å². The van der Waals surface area contributed by atoms with Crippen molar-refractivity contribution in [2.24, 2.45) is 0 Å². The summed E-state index contributed by atoms with van der Waals surface area (Å²) >= 11 is 1.22. The number of hydrogen-bond acceptors (Lipinski definition) is 6. The van der Waals surface area contributed by atoms with Crippen LogP contribution in [0.1, 0.15) is 23.0 Å². The number of rotatable bonds is 6. The zero-order valence-corrected chi connectivity index (χ0v) is 11.0. The first-order valence-corrected chi connectivity index (χ1v) is 6.24. The van der Waals surface area contributed by atoms with Gasteiger partial charge in [-0.2, -0.15) is 0 Å². The zero-order chi connectivity index (χ0) is 14.4. The summed E-state index contributed by atoms with van der Waals surface area (Å²) in [6, 6.07) is 1.55. The third-order valence-corrected chi connectivity index (χ3v) is 3.26. The van der Waals surface area contributed by atoms with E-state index in [-0.39, 0.29) is 6.42 Å². The van der Waals surface area contributed by atoms with E-state index in [0.717, 1.165) is 6.08 Å². The van der Waals surface area contributed by atoms with Crippen LogP contribution < -0.4 is 0 Å². The van der Waals surface area contributed by atoms with Crippen molar-refractivity contribution in [2.75, 3.05) is 7.11 Å². The van der Waals surface area contributed by atoms with Crippen LogP contribution in [-0.2, 0) is 14.3 Å². The van der Waals surface area contributed by atoms with E-state index in [4.69, 9.17) is 5.11 Å². The van der Waals surface area contributed by atoms with Gasteiger partial charge >= 0.3 is 11.9 Å². The highest BCUT2D eigenvalue weighted by molar-refractivity contribution is 7.11. The number of ether oxygens (including phenoxy) is 1. The van der Waals surface area contributed by atoms with E-state index >= 15 is 0 Å². The van der Waals surface area contributed by atoms with Crippen LogP contribution in [0.25, 0.3) is 6.08 Å².